The molecule has 0 saturated heterocycles. The highest BCUT2D eigenvalue weighted by atomic mass is 16.5. The van der Waals surface area contributed by atoms with E-state index < -0.39 is 23.6 Å². The Kier molecular flexibility index (Phi) is 3.69. The molecule has 94 valence electrons. The monoisotopic (exact) mass is 242 g/mol. The van der Waals surface area contributed by atoms with Crippen LogP contribution in [0.1, 0.15) is 6.92 Å². The average Bonchev–Trinajstić information content (AvgIpc) is 2.28. The van der Waals surface area contributed by atoms with Gasteiger partial charge in [0, 0.05) is 5.57 Å². The highest BCUT2D eigenvalue weighted by Gasteiger charge is 2.50. The van der Waals surface area contributed by atoms with Crippen molar-refractivity contribution in [2.24, 2.45) is 5.92 Å². The summed E-state index contributed by atoms with van der Waals surface area (Å²) < 4.78 is 4.87. The van der Waals surface area contributed by atoms with Gasteiger partial charge in [-0.15, -0.1) is 0 Å². The Morgan fingerprint density at radius 1 is 1.65 bits per heavy atom. The average molecular weight is 242 g/mol. The zero-order chi connectivity index (χ0) is 13.2. The number of rotatable bonds is 4. The summed E-state index contributed by atoms with van der Waals surface area (Å²) in [5, 5.41) is 28.9. The number of carbonyl (C=O) groups excluding carboxylic acids is 1. The molecular weight excluding hydrogens is 228 g/mol. The van der Waals surface area contributed by atoms with Crippen molar-refractivity contribution in [3.8, 4) is 0 Å². The fourth-order valence-corrected chi connectivity index (χ4v) is 1.81. The molecule has 0 heterocycles. The standard InChI is InChI=1S/C11H14O6/c1-6(13)11(16)8(10(14)15)3-7(5-12)4-9(11)17-2/h3-6,8,13,16H,1-2H3,(H,14,15). The molecule has 3 N–H and O–H groups in total. The number of methoxy groups -OCH3 is 1. The van der Waals surface area contributed by atoms with E-state index in [2.05, 4.69) is 0 Å². The first-order chi connectivity index (χ1) is 7.87. The van der Waals surface area contributed by atoms with Crippen molar-refractivity contribution in [1.29, 1.82) is 0 Å². The summed E-state index contributed by atoms with van der Waals surface area (Å²) in [6.45, 7) is 1.25. The maximum absolute atomic E-state index is 11.1. The second-order valence-electron chi connectivity index (χ2n) is 3.81. The first-order valence-corrected chi connectivity index (χ1v) is 4.94. The van der Waals surface area contributed by atoms with Crippen LogP contribution in [-0.2, 0) is 14.3 Å². The number of aliphatic hydroxyl groups excluding tert-OH is 1. The van der Waals surface area contributed by atoms with Crippen LogP contribution in [0.2, 0.25) is 0 Å². The molecule has 0 fully saturated rings. The summed E-state index contributed by atoms with van der Waals surface area (Å²) in [4.78, 5) is 21.7. The molecule has 1 aliphatic carbocycles. The van der Waals surface area contributed by atoms with Gasteiger partial charge >= 0.3 is 5.97 Å². The van der Waals surface area contributed by atoms with Crippen molar-refractivity contribution >= 4 is 12.3 Å². The lowest BCUT2D eigenvalue weighted by Gasteiger charge is -2.38. The van der Waals surface area contributed by atoms with Crippen molar-refractivity contribution in [2.75, 3.05) is 7.11 Å². The SMILES string of the molecule is COC1=CC(C=O)=CC(C(=O)O)C1(O)C(C)O. The summed E-state index contributed by atoms with van der Waals surface area (Å²) in [5.74, 6) is -2.94. The molecule has 0 aliphatic heterocycles. The van der Waals surface area contributed by atoms with Crippen LogP contribution in [0.3, 0.4) is 0 Å². The van der Waals surface area contributed by atoms with Crippen molar-refractivity contribution in [3.05, 3.63) is 23.5 Å². The van der Waals surface area contributed by atoms with E-state index in [0.717, 1.165) is 6.08 Å². The fraction of sp³-hybridized carbons (Fsp3) is 0.455. The molecule has 0 spiro atoms. The molecule has 17 heavy (non-hydrogen) atoms. The van der Waals surface area contributed by atoms with E-state index in [-0.39, 0.29) is 11.3 Å². The minimum absolute atomic E-state index is 0.0829. The number of hydrogen-bond donors (Lipinski definition) is 3. The van der Waals surface area contributed by atoms with Crippen molar-refractivity contribution < 1.29 is 29.6 Å². The second kappa shape index (κ2) is 4.68. The van der Waals surface area contributed by atoms with Crippen LogP contribution >= 0.6 is 0 Å². The van der Waals surface area contributed by atoms with Crippen LogP contribution in [-0.4, -0.2) is 46.4 Å². The second-order valence-corrected chi connectivity index (χ2v) is 3.81. The van der Waals surface area contributed by atoms with Crippen LogP contribution in [0.15, 0.2) is 23.5 Å². The molecule has 0 aromatic carbocycles. The minimum Gasteiger partial charge on any atom is -0.498 e. The molecule has 1 rings (SSSR count). The summed E-state index contributed by atoms with van der Waals surface area (Å²) in [6.07, 6.45) is 1.39. The molecule has 0 aromatic rings. The third kappa shape index (κ3) is 2.09. The van der Waals surface area contributed by atoms with Crippen LogP contribution in [0.25, 0.3) is 0 Å². The summed E-state index contributed by atoms with van der Waals surface area (Å²) >= 11 is 0. The summed E-state index contributed by atoms with van der Waals surface area (Å²) in [6, 6.07) is 0. The Bertz CT molecular complexity index is 395. The number of carboxylic acid groups (broad SMARTS) is 1. The van der Waals surface area contributed by atoms with E-state index in [0.29, 0.717) is 6.29 Å². The Labute approximate surface area is 97.8 Å². The summed E-state index contributed by atoms with van der Waals surface area (Å²) in [5.41, 5.74) is -1.99. The van der Waals surface area contributed by atoms with Gasteiger partial charge in [0.05, 0.1) is 13.2 Å². The molecule has 3 unspecified atom stereocenters. The Morgan fingerprint density at radius 2 is 2.24 bits per heavy atom. The Balaban J connectivity index is 3.35. The third-order valence-electron chi connectivity index (χ3n) is 2.78. The highest BCUT2D eigenvalue weighted by Crippen LogP contribution is 2.36. The van der Waals surface area contributed by atoms with Gasteiger partial charge in [0.2, 0.25) is 0 Å². The summed E-state index contributed by atoms with van der Waals surface area (Å²) in [7, 11) is 1.23. The molecule has 0 bridgehead atoms. The van der Waals surface area contributed by atoms with Crippen LogP contribution in [0.5, 0.6) is 0 Å². The van der Waals surface area contributed by atoms with Gasteiger partial charge in [0.25, 0.3) is 0 Å². The lowest BCUT2D eigenvalue weighted by molar-refractivity contribution is -0.157. The molecule has 0 saturated carbocycles. The number of carboxylic acids is 1. The van der Waals surface area contributed by atoms with E-state index in [1.54, 1.807) is 0 Å². The first-order valence-electron chi connectivity index (χ1n) is 4.94. The molecular formula is C11H14O6. The van der Waals surface area contributed by atoms with E-state index in [4.69, 9.17) is 9.84 Å². The first kappa shape index (κ1) is 13.4. The van der Waals surface area contributed by atoms with E-state index in [1.165, 1.54) is 20.1 Å². The number of allylic oxidation sites excluding steroid dienone is 2. The zero-order valence-corrected chi connectivity index (χ0v) is 9.45. The Hall–Kier alpha value is -1.66. The van der Waals surface area contributed by atoms with Crippen LogP contribution in [0.4, 0.5) is 0 Å². The van der Waals surface area contributed by atoms with E-state index in [9.17, 15) is 19.8 Å². The lowest BCUT2D eigenvalue weighted by Crippen LogP contribution is -2.53. The van der Waals surface area contributed by atoms with Gasteiger partial charge in [-0.25, -0.2) is 0 Å². The Morgan fingerprint density at radius 3 is 2.59 bits per heavy atom. The lowest BCUT2D eigenvalue weighted by atomic mass is 9.77. The van der Waals surface area contributed by atoms with E-state index in [1.807, 2.05) is 0 Å². The number of aldehydes is 1. The molecule has 3 atom stereocenters. The number of hydrogen-bond acceptors (Lipinski definition) is 5. The molecule has 0 aromatic heterocycles. The largest absolute Gasteiger partial charge is 0.498 e. The van der Waals surface area contributed by atoms with Gasteiger partial charge in [-0.05, 0) is 13.0 Å². The maximum Gasteiger partial charge on any atom is 0.313 e. The quantitative estimate of drug-likeness (QED) is 0.572. The fourth-order valence-electron chi connectivity index (χ4n) is 1.81. The molecule has 1 aliphatic rings. The molecule has 0 amide bonds. The van der Waals surface area contributed by atoms with Crippen LogP contribution < -0.4 is 0 Å². The zero-order valence-electron chi connectivity index (χ0n) is 9.45. The van der Waals surface area contributed by atoms with Gasteiger partial charge in [-0.3, -0.25) is 9.59 Å². The topological polar surface area (TPSA) is 104 Å². The predicted octanol–water partition coefficient (Wildman–Crippen LogP) is -0.532. The van der Waals surface area contributed by atoms with Crippen LogP contribution in [0, 0.1) is 5.92 Å². The highest BCUT2D eigenvalue weighted by molar-refractivity contribution is 5.84. The van der Waals surface area contributed by atoms with Gasteiger partial charge in [0.15, 0.2) is 5.60 Å². The normalized spacial score (nSPS) is 30.0. The third-order valence-corrected chi connectivity index (χ3v) is 2.78. The minimum atomic E-state index is -2.08. The molecule has 6 nitrogen and oxygen atoms in total. The van der Waals surface area contributed by atoms with E-state index >= 15 is 0 Å². The van der Waals surface area contributed by atoms with Gasteiger partial charge in [-0.1, -0.05) is 6.08 Å². The smallest absolute Gasteiger partial charge is 0.313 e. The predicted molar refractivity (Wildman–Crippen MR) is 57.0 cm³/mol. The number of aliphatic carboxylic acids is 1. The number of carbonyl (C=O) groups is 2. The van der Waals surface area contributed by atoms with Gasteiger partial charge < -0.3 is 20.1 Å². The van der Waals surface area contributed by atoms with Crippen molar-refractivity contribution in [3.63, 3.8) is 0 Å². The van der Waals surface area contributed by atoms with Crippen molar-refractivity contribution in [1.82, 2.24) is 0 Å². The number of ether oxygens (including phenoxy) is 1. The van der Waals surface area contributed by atoms with Gasteiger partial charge in [0.1, 0.15) is 18.0 Å². The van der Waals surface area contributed by atoms with Gasteiger partial charge in [-0.2, -0.15) is 0 Å². The van der Waals surface area contributed by atoms with Crippen molar-refractivity contribution in [2.45, 2.75) is 18.6 Å². The molecule has 6 heteroatoms. The molecule has 0 radical (unpaired) electrons. The number of aliphatic hydroxyl groups is 2. The maximum atomic E-state index is 11.1.